The Balaban J connectivity index is 1.50. The fourth-order valence-electron chi connectivity index (χ4n) is 4.29. The molecule has 0 radical (unpaired) electrons. The minimum atomic E-state index is -0.0658. The van der Waals surface area contributed by atoms with E-state index in [1.807, 2.05) is 12.1 Å². The number of ketones is 1. The predicted octanol–water partition coefficient (Wildman–Crippen LogP) is 3.71. The molecule has 0 aliphatic heterocycles. The summed E-state index contributed by atoms with van der Waals surface area (Å²) in [6.45, 7) is 0.0607. The van der Waals surface area contributed by atoms with E-state index in [0.29, 0.717) is 5.56 Å². The number of nitrogens with zero attached hydrogens (tertiary/aromatic N) is 2. The van der Waals surface area contributed by atoms with E-state index in [1.165, 1.54) is 38.9 Å². The summed E-state index contributed by atoms with van der Waals surface area (Å²) in [7, 11) is 0. The molecule has 5 heteroatoms. The largest absolute Gasteiger partial charge is 0.292 e. The number of hydrogen-bond donors (Lipinski definition) is 0. The van der Waals surface area contributed by atoms with Crippen molar-refractivity contribution in [1.82, 2.24) is 9.55 Å². The normalized spacial score (nSPS) is 15.8. The van der Waals surface area contributed by atoms with E-state index < -0.39 is 0 Å². The molecule has 4 nitrogen and oxygen atoms in total. The second-order valence-electron chi connectivity index (χ2n) is 7.33. The highest BCUT2D eigenvalue weighted by molar-refractivity contribution is 7.18. The lowest BCUT2D eigenvalue weighted by Gasteiger charge is -2.10. The average Bonchev–Trinajstić information content (AvgIpc) is 3.27. The maximum atomic E-state index is 13.0. The molecule has 0 saturated heterocycles. The van der Waals surface area contributed by atoms with Gasteiger partial charge in [0.1, 0.15) is 4.83 Å². The fraction of sp³-hybridized carbons (Fsp3) is 0.381. The first kappa shape index (κ1) is 15.9. The van der Waals surface area contributed by atoms with Gasteiger partial charge in [0.05, 0.1) is 18.3 Å². The molecule has 1 aromatic carbocycles. The van der Waals surface area contributed by atoms with Gasteiger partial charge in [-0.05, 0) is 67.7 Å². The van der Waals surface area contributed by atoms with E-state index in [1.54, 1.807) is 11.3 Å². The Morgan fingerprint density at radius 2 is 1.92 bits per heavy atom. The molecule has 0 amide bonds. The highest BCUT2D eigenvalue weighted by atomic mass is 32.1. The number of carbonyl (C=O) groups is 1. The molecule has 2 aliphatic rings. The third-order valence-electron chi connectivity index (χ3n) is 5.68. The minimum absolute atomic E-state index is 0.0213. The molecule has 0 unspecified atom stereocenters. The zero-order valence-corrected chi connectivity index (χ0v) is 15.4. The predicted molar refractivity (Wildman–Crippen MR) is 103 cm³/mol. The Bertz CT molecular complexity index is 1090. The van der Waals surface area contributed by atoms with Gasteiger partial charge in [-0.15, -0.1) is 11.3 Å². The second-order valence-corrected chi connectivity index (χ2v) is 8.41. The molecule has 0 spiro atoms. The highest BCUT2D eigenvalue weighted by Gasteiger charge is 2.21. The van der Waals surface area contributed by atoms with Crippen molar-refractivity contribution in [3.05, 3.63) is 62.0 Å². The summed E-state index contributed by atoms with van der Waals surface area (Å²) < 4.78 is 1.49. The second kappa shape index (κ2) is 6.16. The Morgan fingerprint density at radius 1 is 1.08 bits per heavy atom. The summed E-state index contributed by atoms with van der Waals surface area (Å²) in [6.07, 6.45) is 9.16. The van der Waals surface area contributed by atoms with Crippen LogP contribution in [0.5, 0.6) is 0 Å². The molecule has 0 bridgehead atoms. The number of thiophene rings is 1. The SMILES string of the molecule is O=C(Cn1cnc2sc3c(c2c1=O)CCCC3)c1ccc2c(c1)CCC2. The molecule has 0 atom stereocenters. The molecule has 3 aromatic rings. The van der Waals surface area contributed by atoms with Gasteiger partial charge in [-0.3, -0.25) is 14.2 Å². The maximum absolute atomic E-state index is 13.0. The zero-order chi connectivity index (χ0) is 17.7. The van der Waals surface area contributed by atoms with Gasteiger partial charge in [-0.1, -0.05) is 12.1 Å². The van der Waals surface area contributed by atoms with Crippen molar-refractivity contribution >= 4 is 27.3 Å². The Morgan fingerprint density at radius 3 is 2.85 bits per heavy atom. The first-order valence-corrected chi connectivity index (χ1v) is 10.2. The van der Waals surface area contributed by atoms with Crippen molar-refractivity contribution in [3.8, 4) is 0 Å². The Hall–Kier alpha value is -2.27. The van der Waals surface area contributed by atoms with Crippen molar-refractivity contribution < 1.29 is 4.79 Å². The van der Waals surface area contributed by atoms with Crippen LogP contribution in [0.2, 0.25) is 0 Å². The molecular formula is C21H20N2O2S. The smallest absolute Gasteiger partial charge is 0.262 e. The third kappa shape index (κ3) is 2.53. The lowest BCUT2D eigenvalue weighted by Crippen LogP contribution is -2.25. The number of Topliss-reactive ketones (excluding diaryl/α,β-unsaturated/α-hetero) is 1. The molecule has 5 rings (SSSR count). The van der Waals surface area contributed by atoms with Crippen LogP contribution in [0, 0.1) is 0 Å². The monoisotopic (exact) mass is 364 g/mol. The summed E-state index contributed by atoms with van der Waals surface area (Å²) in [4.78, 5) is 32.3. The van der Waals surface area contributed by atoms with E-state index >= 15 is 0 Å². The van der Waals surface area contributed by atoms with Crippen molar-refractivity contribution in [2.45, 2.75) is 51.5 Å². The van der Waals surface area contributed by atoms with E-state index in [2.05, 4.69) is 11.1 Å². The number of aromatic nitrogens is 2. The molecule has 2 aliphatic carbocycles. The van der Waals surface area contributed by atoms with Crippen LogP contribution in [0.1, 0.15) is 51.2 Å². The van der Waals surface area contributed by atoms with Crippen molar-refractivity contribution in [2.24, 2.45) is 0 Å². The average molecular weight is 364 g/mol. The van der Waals surface area contributed by atoms with Crippen LogP contribution in [0.15, 0.2) is 29.3 Å². The van der Waals surface area contributed by atoms with Gasteiger partial charge in [0.2, 0.25) is 0 Å². The van der Waals surface area contributed by atoms with Crippen LogP contribution in [-0.4, -0.2) is 15.3 Å². The van der Waals surface area contributed by atoms with E-state index in [4.69, 9.17) is 0 Å². The number of benzene rings is 1. The number of fused-ring (bicyclic) bond motifs is 4. The van der Waals surface area contributed by atoms with Crippen molar-refractivity contribution in [1.29, 1.82) is 0 Å². The van der Waals surface area contributed by atoms with Gasteiger partial charge in [0.15, 0.2) is 5.78 Å². The molecule has 0 saturated carbocycles. The van der Waals surface area contributed by atoms with Crippen LogP contribution in [-0.2, 0) is 32.2 Å². The van der Waals surface area contributed by atoms with Crippen LogP contribution >= 0.6 is 11.3 Å². The number of hydrogen-bond acceptors (Lipinski definition) is 4. The first-order chi connectivity index (χ1) is 12.7. The number of aryl methyl sites for hydroxylation is 4. The van der Waals surface area contributed by atoms with Gasteiger partial charge in [0, 0.05) is 10.4 Å². The molecule has 2 heterocycles. The van der Waals surface area contributed by atoms with Crippen LogP contribution < -0.4 is 5.56 Å². The molecule has 26 heavy (non-hydrogen) atoms. The molecule has 2 aromatic heterocycles. The lowest BCUT2D eigenvalue weighted by atomic mass is 9.97. The zero-order valence-electron chi connectivity index (χ0n) is 14.6. The molecule has 132 valence electrons. The number of carbonyl (C=O) groups excluding carboxylic acids is 1. The Kier molecular flexibility index (Phi) is 3.78. The topological polar surface area (TPSA) is 52.0 Å². The number of rotatable bonds is 3. The van der Waals surface area contributed by atoms with Crippen LogP contribution in [0.25, 0.3) is 10.2 Å². The summed E-state index contributed by atoms with van der Waals surface area (Å²) >= 11 is 1.64. The van der Waals surface area contributed by atoms with E-state index in [9.17, 15) is 9.59 Å². The molecular weight excluding hydrogens is 344 g/mol. The van der Waals surface area contributed by atoms with Gasteiger partial charge >= 0.3 is 0 Å². The minimum Gasteiger partial charge on any atom is -0.292 e. The van der Waals surface area contributed by atoms with Crippen molar-refractivity contribution in [2.75, 3.05) is 0 Å². The van der Waals surface area contributed by atoms with E-state index in [0.717, 1.165) is 48.7 Å². The van der Waals surface area contributed by atoms with Crippen LogP contribution in [0.4, 0.5) is 0 Å². The summed E-state index contributed by atoms with van der Waals surface area (Å²) in [5, 5.41) is 0.744. The quantitative estimate of drug-likeness (QED) is 0.666. The molecule has 0 N–H and O–H groups in total. The van der Waals surface area contributed by atoms with Crippen LogP contribution in [0.3, 0.4) is 0 Å². The fourth-order valence-corrected chi connectivity index (χ4v) is 5.50. The lowest BCUT2D eigenvalue weighted by molar-refractivity contribution is 0.0970. The van der Waals surface area contributed by atoms with Gasteiger partial charge in [-0.25, -0.2) is 4.98 Å². The van der Waals surface area contributed by atoms with Gasteiger partial charge < -0.3 is 0 Å². The van der Waals surface area contributed by atoms with Gasteiger partial charge in [0.25, 0.3) is 5.56 Å². The highest BCUT2D eigenvalue weighted by Crippen LogP contribution is 2.33. The van der Waals surface area contributed by atoms with Crippen molar-refractivity contribution in [3.63, 3.8) is 0 Å². The Labute approximate surface area is 155 Å². The van der Waals surface area contributed by atoms with Gasteiger partial charge in [-0.2, -0.15) is 0 Å². The standard InChI is InChI=1S/C21H20N2O2S/c24-17(15-9-8-13-4-3-5-14(13)10-15)11-23-12-22-20-19(21(23)25)16-6-1-2-7-18(16)26-20/h8-10,12H,1-7,11H2. The third-order valence-corrected chi connectivity index (χ3v) is 6.88. The summed E-state index contributed by atoms with van der Waals surface area (Å²) in [5.41, 5.74) is 4.44. The molecule has 0 fully saturated rings. The first-order valence-electron chi connectivity index (χ1n) is 9.35. The summed E-state index contributed by atoms with van der Waals surface area (Å²) in [6, 6.07) is 5.97. The van der Waals surface area contributed by atoms with E-state index in [-0.39, 0.29) is 17.9 Å². The summed E-state index contributed by atoms with van der Waals surface area (Å²) in [5.74, 6) is -0.0213. The maximum Gasteiger partial charge on any atom is 0.262 e.